The van der Waals surface area contributed by atoms with Gasteiger partial charge in [0.05, 0.1) is 22.1 Å². The van der Waals surface area contributed by atoms with Gasteiger partial charge < -0.3 is 9.13 Å². The molecular weight excluding hydrogens is 605 g/mol. The van der Waals surface area contributed by atoms with E-state index in [1.807, 2.05) is 0 Å². The molecule has 10 rings (SSSR count). The average Bonchev–Trinajstić information content (AvgIpc) is 3.72. The Morgan fingerprint density at radius 3 is 1.46 bits per heavy atom. The summed E-state index contributed by atoms with van der Waals surface area (Å²) in [6.45, 7) is 0. The van der Waals surface area contributed by atoms with Crippen LogP contribution in [-0.2, 0) is 0 Å². The molecule has 2 nitrogen and oxygen atoms in total. The summed E-state index contributed by atoms with van der Waals surface area (Å²) in [6, 6.07) is 70.3. The molecule has 0 aliphatic heterocycles. The van der Waals surface area contributed by atoms with E-state index in [9.17, 15) is 0 Å². The molecule has 8 aromatic carbocycles. The molecular formula is C48H32N2. The van der Waals surface area contributed by atoms with Gasteiger partial charge in [0, 0.05) is 32.9 Å². The van der Waals surface area contributed by atoms with Crippen LogP contribution >= 0.6 is 0 Å². The summed E-state index contributed by atoms with van der Waals surface area (Å²) in [7, 11) is 0. The molecule has 2 aromatic heterocycles. The number of para-hydroxylation sites is 2. The molecule has 2 heteroatoms. The summed E-state index contributed by atoms with van der Waals surface area (Å²) in [6.07, 6.45) is 0. The Bertz CT molecular complexity index is 2840. The summed E-state index contributed by atoms with van der Waals surface area (Å²) in [5, 5.41) is 5.03. The van der Waals surface area contributed by atoms with Gasteiger partial charge in [-0.2, -0.15) is 0 Å². The number of hydrogen-bond acceptors (Lipinski definition) is 0. The van der Waals surface area contributed by atoms with Crippen molar-refractivity contribution in [2.45, 2.75) is 0 Å². The highest BCUT2D eigenvalue weighted by Gasteiger charge is 2.21. The second-order valence-corrected chi connectivity index (χ2v) is 13.0. The molecule has 50 heavy (non-hydrogen) atoms. The van der Waals surface area contributed by atoms with Gasteiger partial charge in [0.2, 0.25) is 0 Å². The first-order valence-electron chi connectivity index (χ1n) is 17.2. The lowest BCUT2D eigenvalue weighted by molar-refractivity contribution is 1.17. The maximum absolute atomic E-state index is 2.47. The normalized spacial score (nSPS) is 11.6. The van der Waals surface area contributed by atoms with E-state index >= 15 is 0 Å². The van der Waals surface area contributed by atoms with Gasteiger partial charge in [-0.3, -0.25) is 0 Å². The Labute approximate surface area is 290 Å². The van der Waals surface area contributed by atoms with Crippen LogP contribution in [-0.4, -0.2) is 9.13 Å². The second kappa shape index (κ2) is 11.5. The monoisotopic (exact) mass is 636 g/mol. The van der Waals surface area contributed by atoms with Crippen LogP contribution in [0.25, 0.3) is 88.4 Å². The molecule has 0 bridgehead atoms. The van der Waals surface area contributed by atoms with Gasteiger partial charge in [0.15, 0.2) is 0 Å². The van der Waals surface area contributed by atoms with Gasteiger partial charge in [-0.25, -0.2) is 0 Å². The van der Waals surface area contributed by atoms with Crippen molar-refractivity contribution in [1.82, 2.24) is 9.13 Å². The van der Waals surface area contributed by atoms with Crippen LogP contribution in [0.2, 0.25) is 0 Å². The Kier molecular flexibility index (Phi) is 6.53. The molecule has 0 unspecified atom stereocenters. The van der Waals surface area contributed by atoms with Crippen molar-refractivity contribution in [3.05, 3.63) is 194 Å². The van der Waals surface area contributed by atoms with Crippen molar-refractivity contribution in [3.63, 3.8) is 0 Å². The molecule has 0 saturated heterocycles. The highest BCUT2D eigenvalue weighted by atomic mass is 15.0. The van der Waals surface area contributed by atoms with E-state index in [0.717, 1.165) is 11.4 Å². The predicted molar refractivity (Wildman–Crippen MR) is 211 cm³/mol. The summed E-state index contributed by atoms with van der Waals surface area (Å²) in [5.74, 6) is 0. The van der Waals surface area contributed by atoms with Crippen LogP contribution in [0.1, 0.15) is 0 Å². The van der Waals surface area contributed by atoms with Crippen molar-refractivity contribution >= 4 is 43.6 Å². The highest BCUT2D eigenvalue weighted by molar-refractivity contribution is 6.26. The highest BCUT2D eigenvalue weighted by Crippen LogP contribution is 2.42. The zero-order chi connectivity index (χ0) is 33.0. The molecule has 0 atom stereocenters. The summed E-state index contributed by atoms with van der Waals surface area (Å²) in [5.41, 5.74) is 14.4. The molecule has 2 heterocycles. The fraction of sp³-hybridized carbons (Fsp3) is 0. The van der Waals surface area contributed by atoms with Gasteiger partial charge in [-0.15, -0.1) is 0 Å². The first-order chi connectivity index (χ1) is 24.8. The van der Waals surface area contributed by atoms with Crippen LogP contribution in [0.15, 0.2) is 194 Å². The second-order valence-electron chi connectivity index (χ2n) is 13.0. The van der Waals surface area contributed by atoms with Crippen LogP contribution in [0.3, 0.4) is 0 Å². The SMILES string of the molecule is c1ccc(-c2cccc(-c3ccc(-n4c5ccccc5c5c4ccc4c6ccccc6n(-c6cccc(-c7ccccc7)c6)c45)cc3)c2)cc1. The largest absolute Gasteiger partial charge is 0.309 e. The van der Waals surface area contributed by atoms with Gasteiger partial charge in [-0.05, 0) is 81.9 Å². The topological polar surface area (TPSA) is 9.86 Å². The van der Waals surface area contributed by atoms with Crippen molar-refractivity contribution in [2.24, 2.45) is 0 Å². The fourth-order valence-electron chi connectivity index (χ4n) is 7.82. The summed E-state index contributed by atoms with van der Waals surface area (Å²) in [4.78, 5) is 0. The van der Waals surface area contributed by atoms with E-state index in [0.29, 0.717) is 0 Å². The zero-order valence-corrected chi connectivity index (χ0v) is 27.4. The van der Waals surface area contributed by atoms with E-state index in [1.165, 1.54) is 77.0 Å². The summed E-state index contributed by atoms with van der Waals surface area (Å²) >= 11 is 0. The Balaban J connectivity index is 1.18. The van der Waals surface area contributed by atoms with Crippen molar-refractivity contribution in [3.8, 4) is 44.8 Å². The van der Waals surface area contributed by atoms with Crippen LogP contribution in [0.4, 0.5) is 0 Å². The Morgan fingerprint density at radius 1 is 0.260 bits per heavy atom. The predicted octanol–water partition coefficient (Wildman–Crippen LogP) is 12.9. The molecule has 0 amide bonds. The van der Waals surface area contributed by atoms with Gasteiger partial charge in [0.1, 0.15) is 0 Å². The third-order valence-electron chi connectivity index (χ3n) is 10.1. The maximum Gasteiger partial charge on any atom is 0.0641 e. The third kappa shape index (κ3) is 4.50. The quantitative estimate of drug-likeness (QED) is 0.178. The minimum Gasteiger partial charge on any atom is -0.309 e. The van der Waals surface area contributed by atoms with Crippen molar-refractivity contribution < 1.29 is 0 Å². The molecule has 0 N–H and O–H groups in total. The minimum atomic E-state index is 1.15. The number of benzene rings is 8. The summed E-state index contributed by atoms with van der Waals surface area (Å²) < 4.78 is 4.90. The van der Waals surface area contributed by atoms with E-state index < -0.39 is 0 Å². The molecule has 0 aliphatic carbocycles. The smallest absolute Gasteiger partial charge is 0.0641 e. The van der Waals surface area contributed by atoms with Crippen LogP contribution in [0, 0.1) is 0 Å². The van der Waals surface area contributed by atoms with Crippen molar-refractivity contribution in [2.75, 3.05) is 0 Å². The Hall–Kier alpha value is -6.64. The first-order valence-corrected chi connectivity index (χ1v) is 17.2. The van der Waals surface area contributed by atoms with Gasteiger partial charge in [0.25, 0.3) is 0 Å². The van der Waals surface area contributed by atoms with Crippen LogP contribution < -0.4 is 0 Å². The lowest BCUT2D eigenvalue weighted by Crippen LogP contribution is -1.96. The van der Waals surface area contributed by atoms with E-state index in [-0.39, 0.29) is 0 Å². The number of hydrogen-bond donors (Lipinski definition) is 0. The molecule has 234 valence electrons. The fourth-order valence-corrected chi connectivity index (χ4v) is 7.82. The molecule has 0 saturated carbocycles. The van der Waals surface area contributed by atoms with E-state index in [1.54, 1.807) is 0 Å². The first kappa shape index (κ1) is 28.4. The number of nitrogens with zero attached hydrogens (tertiary/aromatic N) is 2. The molecule has 0 spiro atoms. The molecule has 0 fully saturated rings. The number of aromatic nitrogens is 2. The number of rotatable bonds is 5. The molecule has 0 aliphatic rings. The van der Waals surface area contributed by atoms with Crippen molar-refractivity contribution in [1.29, 1.82) is 0 Å². The number of fused-ring (bicyclic) bond motifs is 7. The standard InChI is InChI=1S/C48H32N2/c1-3-13-33(14-4-1)36-17-11-18-37(31-36)35-25-27-39(28-26-35)49-45-24-10-8-22-43(45)47-46(49)30-29-42-41-21-7-9-23-44(41)50(48(42)47)40-20-12-19-38(32-40)34-15-5-2-6-16-34/h1-32H. The van der Waals surface area contributed by atoms with Gasteiger partial charge in [-0.1, -0.05) is 146 Å². The lowest BCUT2D eigenvalue weighted by Gasteiger charge is -2.12. The molecule has 10 aromatic rings. The average molecular weight is 637 g/mol. The maximum atomic E-state index is 2.47. The van der Waals surface area contributed by atoms with Gasteiger partial charge >= 0.3 is 0 Å². The molecule has 0 radical (unpaired) electrons. The van der Waals surface area contributed by atoms with E-state index in [2.05, 4.69) is 203 Å². The van der Waals surface area contributed by atoms with Crippen LogP contribution in [0.5, 0.6) is 0 Å². The minimum absolute atomic E-state index is 1.15. The Morgan fingerprint density at radius 2 is 0.780 bits per heavy atom. The lowest BCUT2D eigenvalue weighted by atomic mass is 9.99. The third-order valence-corrected chi connectivity index (χ3v) is 10.1. The van der Waals surface area contributed by atoms with E-state index in [4.69, 9.17) is 0 Å². The zero-order valence-electron chi connectivity index (χ0n) is 27.4.